The zero-order valence-electron chi connectivity index (χ0n) is 8.37. The van der Waals surface area contributed by atoms with Gasteiger partial charge in [0.1, 0.15) is 11.2 Å². The summed E-state index contributed by atoms with van der Waals surface area (Å²) in [5, 5.41) is 0. The number of hydrogen-bond donors (Lipinski definition) is 1. The van der Waals surface area contributed by atoms with E-state index in [9.17, 15) is 0 Å². The van der Waals surface area contributed by atoms with Gasteiger partial charge in [-0.15, -0.1) is 0 Å². The summed E-state index contributed by atoms with van der Waals surface area (Å²) in [5.74, 6) is 0. The van der Waals surface area contributed by atoms with Crippen LogP contribution in [0.25, 0.3) is 0 Å². The molecule has 0 aromatic heterocycles. The predicted octanol–water partition coefficient (Wildman–Crippen LogP) is 2.30. The van der Waals surface area contributed by atoms with Crippen molar-refractivity contribution in [3.05, 3.63) is 41.5 Å². The van der Waals surface area contributed by atoms with Gasteiger partial charge in [0.2, 0.25) is 0 Å². The maximum absolute atomic E-state index is 6.01. The van der Waals surface area contributed by atoms with Crippen molar-refractivity contribution in [2.24, 2.45) is 0 Å². The molecule has 2 aliphatic heterocycles. The largest absolute Gasteiger partial charge is 0.398 e. The first-order chi connectivity index (χ1) is 6.55. The van der Waals surface area contributed by atoms with E-state index in [1.54, 1.807) is 0 Å². The molecule has 2 bridgehead atoms. The number of nitrogens with two attached hydrogens (primary N) is 1. The third kappa shape index (κ3) is 0.712. The lowest BCUT2D eigenvalue weighted by Gasteiger charge is -2.19. The van der Waals surface area contributed by atoms with Crippen molar-refractivity contribution in [2.45, 2.75) is 25.0 Å². The van der Waals surface area contributed by atoms with E-state index in [0.717, 1.165) is 11.3 Å². The first-order valence-corrected chi connectivity index (χ1v) is 4.85. The molecule has 2 unspecified atom stereocenters. The van der Waals surface area contributed by atoms with Gasteiger partial charge in [-0.3, -0.25) is 0 Å². The zero-order chi connectivity index (χ0) is 9.97. The monoisotopic (exact) mass is 187 g/mol. The van der Waals surface area contributed by atoms with Crippen LogP contribution in [0.3, 0.4) is 0 Å². The first-order valence-electron chi connectivity index (χ1n) is 4.85. The highest BCUT2D eigenvalue weighted by Crippen LogP contribution is 2.55. The van der Waals surface area contributed by atoms with Gasteiger partial charge < -0.3 is 10.5 Å². The minimum atomic E-state index is -0.310. The fourth-order valence-electron chi connectivity index (χ4n) is 2.64. The van der Waals surface area contributed by atoms with Crippen LogP contribution in [-0.2, 0) is 15.9 Å². The van der Waals surface area contributed by atoms with Crippen LogP contribution in [0.15, 0.2) is 30.4 Å². The summed E-state index contributed by atoms with van der Waals surface area (Å²) in [6, 6.07) is 6.02. The number of benzene rings is 1. The molecule has 2 heteroatoms. The Hall–Kier alpha value is -1.28. The minimum Gasteiger partial charge on any atom is -0.398 e. The van der Waals surface area contributed by atoms with Crippen LogP contribution in [0.5, 0.6) is 0 Å². The van der Waals surface area contributed by atoms with Gasteiger partial charge in [-0.2, -0.15) is 0 Å². The number of nitrogen functional groups attached to an aromatic ring is 1. The van der Waals surface area contributed by atoms with E-state index >= 15 is 0 Å². The smallest absolute Gasteiger partial charge is 0.112 e. The normalized spacial score (nSPS) is 37.6. The van der Waals surface area contributed by atoms with Gasteiger partial charge >= 0.3 is 0 Å². The number of rotatable bonds is 0. The molecule has 1 aromatic carbocycles. The fourth-order valence-corrected chi connectivity index (χ4v) is 2.64. The summed E-state index contributed by atoms with van der Waals surface area (Å²) in [6.45, 7) is 4.15. The lowest BCUT2D eigenvalue weighted by atomic mass is 9.82. The molecule has 0 aliphatic carbocycles. The molecular formula is C12H13NO. The number of hydrogen-bond acceptors (Lipinski definition) is 2. The molecular weight excluding hydrogens is 174 g/mol. The van der Waals surface area contributed by atoms with Crippen molar-refractivity contribution in [1.29, 1.82) is 0 Å². The molecule has 2 N–H and O–H groups in total. The van der Waals surface area contributed by atoms with Gasteiger partial charge in [0.05, 0.1) is 0 Å². The molecule has 3 rings (SSSR count). The Balaban J connectivity index is 2.38. The summed E-state index contributed by atoms with van der Waals surface area (Å²) in [6.07, 6.45) is 4.22. The number of ether oxygens (including phenoxy) is 1. The quantitative estimate of drug-likeness (QED) is 0.499. The molecule has 0 fully saturated rings. The summed E-state index contributed by atoms with van der Waals surface area (Å²) < 4.78 is 6.01. The lowest BCUT2D eigenvalue weighted by molar-refractivity contribution is -0.0492. The zero-order valence-corrected chi connectivity index (χ0v) is 8.37. The van der Waals surface area contributed by atoms with Crippen LogP contribution in [0.4, 0.5) is 5.69 Å². The maximum Gasteiger partial charge on any atom is 0.112 e. The molecule has 0 saturated carbocycles. The number of anilines is 1. The van der Waals surface area contributed by atoms with Gasteiger partial charge in [-0.25, -0.2) is 0 Å². The highest BCUT2D eigenvalue weighted by atomic mass is 16.5. The van der Waals surface area contributed by atoms with Gasteiger partial charge in [0, 0.05) is 11.3 Å². The lowest BCUT2D eigenvalue weighted by Crippen LogP contribution is -2.17. The molecule has 2 aliphatic rings. The highest BCUT2D eigenvalue weighted by Gasteiger charge is 2.51. The summed E-state index contributed by atoms with van der Waals surface area (Å²) in [7, 11) is 0. The van der Waals surface area contributed by atoms with Crippen LogP contribution < -0.4 is 5.73 Å². The van der Waals surface area contributed by atoms with Gasteiger partial charge in [-0.05, 0) is 37.6 Å². The Bertz CT molecular complexity index is 452. The van der Waals surface area contributed by atoms with Crippen molar-refractivity contribution < 1.29 is 4.74 Å². The van der Waals surface area contributed by atoms with Crippen LogP contribution in [-0.4, -0.2) is 0 Å². The SMILES string of the molecule is CC12C=CC(C)(O1)c1c(N)cccc12. The Kier molecular flexibility index (Phi) is 1.17. The Morgan fingerprint density at radius 2 is 1.86 bits per heavy atom. The van der Waals surface area contributed by atoms with Crippen LogP contribution in [0.2, 0.25) is 0 Å². The molecule has 72 valence electrons. The molecule has 0 radical (unpaired) electrons. The van der Waals surface area contributed by atoms with E-state index in [2.05, 4.69) is 32.1 Å². The molecule has 0 saturated heterocycles. The van der Waals surface area contributed by atoms with Crippen LogP contribution in [0, 0.1) is 0 Å². The molecule has 1 aromatic rings. The van der Waals surface area contributed by atoms with Crippen LogP contribution >= 0.6 is 0 Å². The summed E-state index contributed by atoms with van der Waals surface area (Å²) in [5.41, 5.74) is 8.60. The van der Waals surface area contributed by atoms with E-state index in [1.165, 1.54) is 5.56 Å². The van der Waals surface area contributed by atoms with E-state index in [-0.39, 0.29) is 11.2 Å². The summed E-state index contributed by atoms with van der Waals surface area (Å²) in [4.78, 5) is 0. The van der Waals surface area contributed by atoms with Gasteiger partial charge in [0.15, 0.2) is 0 Å². The van der Waals surface area contributed by atoms with E-state index in [0.29, 0.717) is 0 Å². The van der Waals surface area contributed by atoms with Crippen molar-refractivity contribution in [2.75, 3.05) is 5.73 Å². The predicted molar refractivity (Wildman–Crippen MR) is 55.8 cm³/mol. The highest BCUT2D eigenvalue weighted by molar-refractivity contribution is 5.62. The van der Waals surface area contributed by atoms with Gasteiger partial charge in [-0.1, -0.05) is 12.1 Å². The van der Waals surface area contributed by atoms with Crippen LogP contribution in [0.1, 0.15) is 25.0 Å². The Morgan fingerprint density at radius 3 is 2.57 bits per heavy atom. The Morgan fingerprint density at radius 1 is 1.14 bits per heavy atom. The standard InChI is InChI=1S/C12H13NO/c1-11-6-7-12(2,14-11)10-8(11)4-3-5-9(10)13/h3-7H,13H2,1-2H3. The van der Waals surface area contributed by atoms with E-state index < -0.39 is 0 Å². The topological polar surface area (TPSA) is 35.2 Å². The molecule has 2 nitrogen and oxygen atoms in total. The van der Waals surface area contributed by atoms with Crippen molar-refractivity contribution in [1.82, 2.24) is 0 Å². The van der Waals surface area contributed by atoms with Crippen molar-refractivity contribution in [3.8, 4) is 0 Å². The second kappa shape index (κ2) is 2.04. The summed E-state index contributed by atoms with van der Waals surface area (Å²) >= 11 is 0. The van der Waals surface area contributed by atoms with E-state index in [1.807, 2.05) is 12.1 Å². The minimum absolute atomic E-state index is 0.264. The Labute approximate surface area is 83.4 Å². The third-order valence-electron chi connectivity index (χ3n) is 3.27. The third-order valence-corrected chi connectivity index (χ3v) is 3.27. The van der Waals surface area contributed by atoms with Gasteiger partial charge in [0.25, 0.3) is 0 Å². The number of fused-ring (bicyclic) bond motifs is 5. The first kappa shape index (κ1) is 8.06. The molecule has 0 amide bonds. The second-order valence-corrected chi connectivity index (χ2v) is 4.42. The molecule has 0 spiro atoms. The second-order valence-electron chi connectivity index (χ2n) is 4.42. The molecule has 2 heterocycles. The average Bonchev–Trinajstić information content (AvgIpc) is 2.54. The fraction of sp³-hybridized carbons (Fsp3) is 0.333. The van der Waals surface area contributed by atoms with Crippen molar-refractivity contribution >= 4 is 5.69 Å². The van der Waals surface area contributed by atoms with Crippen molar-refractivity contribution in [3.63, 3.8) is 0 Å². The molecule has 14 heavy (non-hydrogen) atoms. The maximum atomic E-state index is 6.01. The average molecular weight is 187 g/mol. The van der Waals surface area contributed by atoms with E-state index in [4.69, 9.17) is 10.5 Å². The molecule has 2 atom stereocenters.